The van der Waals surface area contributed by atoms with Gasteiger partial charge in [-0.2, -0.15) is 0 Å². The van der Waals surface area contributed by atoms with Crippen molar-refractivity contribution in [3.05, 3.63) is 58.0 Å². The number of halogens is 1. The van der Waals surface area contributed by atoms with Crippen molar-refractivity contribution in [2.75, 3.05) is 0 Å². The average Bonchev–Trinajstić information content (AvgIpc) is 2.19. The topological polar surface area (TPSA) is 42.2 Å². The second-order valence-electron chi connectivity index (χ2n) is 3.83. The lowest BCUT2D eigenvalue weighted by molar-refractivity contribution is 0.475. The highest BCUT2D eigenvalue weighted by Gasteiger charge is 2.03. The Morgan fingerprint density at radius 1 is 1.00 bits per heavy atom. The molecule has 4 heteroatoms. The summed E-state index contributed by atoms with van der Waals surface area (Å²) in [7, 11) is 0. The maximum absolute atomic E-state index is 11.3. The number of hydrogen-bond acceptors (Lipinski definition) is 2. The zero-order valence-corrected chi connectivity index (χ0v) is 10.5. The van der Waals surface area contributed by atoms with Gasteiger partial charge in [0.05, 0.1) is 0 Å². The SMILES string of the molecule is Cc1cc(=O)cc(C)n1-c1ccc(O)cc1.Cl. The van der Waals surface area contributed by atoms with Crippen LogP contribution in [-0.4, -0.2) is 9.67 Å². The molecule has 17 heavy (non-hydrogen) atoms. The maximum Gasteiger partial charge on any atom is 0.182 e. The zero-order valence-electron chi connectivity index (χ0n) is 9.68. The first-order chi connectivity index (χ1) is 7.58. The Morgan fingerprint density at radius 2 is 1.47 bits per heavy atom. The lowest BCUT2D eigenvalue weighted by Crippen LogP contribution is -2.10. The molecule has 0 saturated carbocycles. The number of phenols is 1. The van der Waals surface area contributed by atoms with Gasteiger partial charge in [0, 0.05) is 29.2 Å². The van der Waals surface area contributed by atoms with Crippen LogP contribution in [0.15, 0.2) is 41.2 Å². The third kappa shape index (κ3) is 2.68. The van der Waals surface area contributed by atoms with E-state index in [4.69, 9.17) is 0 Å². The number of nitrogens with zero attached hydrogens (tertiary/aromatic N) is 1. The van der Waals surface area contributed by atoms with E-state index in [1.165, 1.54) is 0 Å². The first kappa shape index (κ1) is 13.3. The number of rotatable bonds is 1. The van der Waals surface area contributed by atoms with Gasteiger partial charge in [0.2, 0.25) is 0 Å². The molecule has 0 spiro atoms. The van der Waals surface area contributed by atoms with E-state index in [0.717, 1.165) is 17.1 Å². The average molecular weight is 252 g/mol. The Kier molecular flexibility index (Phi) is 3.97. The summed E-state index contributed by atoms with van der Waals surface area (Å²) < 4.78 is 1.97. The lowest BCUT2D eigenvalue weighted by atomic mass is 10.2. The van der Waals surface area contributed by atoms with Crippen LogP contribution in [0.1, 0.15) is 11.4 Å². The van der Waals surface area contributed by atoms with Crippen molar-refractivity contribution in [1.82, 2.24) is 4.57 Å². The summed E-state index contributed by atoms with van der Waals surface area (Å²) in [6.07, 6.45) is 0. The van der Waals surface area contributed by atoms with Crippen LogP contribution in [0.5, 0.6) is 5.75 Å². The largest absolute Gasteiger partial charge is 0.508 e. The van der Waals surface area contributed by atoms with E-state index in [9.17, 15) is 9.90 Å². The Labute approximate surface area is 106 Å². The minimum absolute atomic E-state index is 0. The number of aromatic hydroxyl groups is 1. The minimum atomic E-state index is 0. The lowest BCUT2D eigenvalue weighted by Gasteiger charge is -2.14. The van der Waals surface area contributed by atoms with Gasteiger partial charge in [-0.05, 0) is 38.1 Å². The molecule has 1 aromatic heterocycles. The molecule has 0 unspecified atom stereocenters. The van der Waals surface area contributed by atoms with Gasteiger partial charge in [-0.3, -0.25) is 4.79 Å². The molecule has 0 amide bonds. The number of aryl methyl sites for hydroxylation is 2. The molecular formula is C13H14ClNO2. The molecule has 0 aliphatic carbocycles. The highest BCUT2D eigenvalue weighted by atomic mass is 35.5. The van der Waals surface area contributed by atoms with Gasteiger partial charge in [0.1, 0.15) is 5.75 Å². The van der Waals surface area contributed by atoms with E-state index in [1.54, 1.807) is 24.3 Å². The smallest absolute Gasteiger partial charge is 0.182 e. The summed E-state index contributed by atoms with van der Waals surface area (Å²) in [4.78, 5) is 11.3. The molecule has 0 saturated heterocycles. The fourth-order valence-electron chi connectivity index (χ4n) is 1.87. The fraction of sp³-hybridized carbons (Fsp3) is 0.154. The van der Waals surface area contributed by atoms with E-state index in [0.29, 0.717) is 0 Å². The van der Waals surface area contributed by atoms with Crippen LogP contribution in [0, 0.1) is 13.8 Å². The van der Waals surface area contributed by atoms with Crippen molar-refractivity contribution in [3.8, 4) is 11.4 Å². The number of benzene rings is 1. The Hall–Kier alpha value is -1.74. The van der Waals surface area contributed by atoms with E-state index < -0.39 is 0 Å². The van der Waals surface area contributed by atoms with Crippen LogP contribution in [0.25, 0.3) is 5.69 Å². The summed E-state index contributed by atoms with van der Waals surface area (Å²) in [6.45, 7) is 3.78. The molecule has 3 nitrogen and oxygen atoms in total. The number of pyridine rings is 1. The summed E-state index contributed by atoms with van der Waals surface area (Å²) >= 11 is 0. The maximum atomic E-state index is 11.3. The second-order valence-corrected chi connectivity index (χ2v) is 3.83. The highest BCUT2D eigenvalue weighted by molar-refractivity contribution is 5.85. The van der Waals surface area contributed by atoms with Gasteiger partial charge in [-0.15, -0.1) is 12.4 Å². The van der Waals surface area contributed by atoms with Gasteiger partial charge in [-0.25, -0.2) is 0 Å². The van der Waals surface area contributed by atoms with Gasteiger partial charge in [0.25, 0.3) is 0 Å². The van der Waals surface area contributed by atoms with Gasteiger partial charge in [-0.1, -0.05) is 0 Å². The minimum Gasteiger partial charge on any atom is -0.508 e. The molecule has 90 valence electrons. The molecule has 2 rings (SSSR count). The third-order valence-corrected chi connectivity index (χ3v) is 2.52. The summed E-state index contributed by atoms with van der Waals surface area (Å²) in [5.74, 6) is 0.236. The van der Waals surface area contributed by atoms with Gasteiger partial charge in [0.15, 0.2) is 5.43 Å². The fourth-order valence-corrected chi connectivity index (χ4v) is 1.87. The molecule has 0 bridgehead atoms. The van der Waals surface area contributed by atoms with Crippen LogP contribution in [0.2, 0.25) is 0 Å². The Bertz CT molecular complexity index is 547. The first-order valence-corrected chi connectivity index (χ1v) is 5.07. The summed E-state index contributed by atoms with van der Waals surface area (Å²) in [5.41, 5.74) is 2.73. The molecule has 0 aliphatic heterocycles. The van der Waals surface area contributed by atoms with Crippen molar-refractivity contribution in [3.63, 3.8) is 0 Å². The van der Waals surface area contributed by atoms with Gasteiger partial charge >= 0.3 is 0 Å². The van der Waals surface area contributed by atoms with E-state index in [1.807, 2.05) is 30.5 Å². The van der Waals surface area contributed by atoms with Crippen LogP contribution in [0.3, 0.4) is 0 Å². The zero-order chi connectivity index (χ0) is 11.7. The Morgan fingerprint density at radius 3 is 1.94 bits per heavy atom. The number of phenolic OH excluding ortho intramolecular Hbond substituents is 1. The highest BCUT2D eigenvalue weighted by Crippen LogP contribution is 2.16. The van der Waals surface area contributed by atoms with Gasteiger partial charge < -0.3 is 9.67 Å². The Balaban J connectivity index is 0.00000144. The third-order valence-electron chi connectivity index (χ3n) is 2.52. The van der Waals surface area contributed by atoms with Crippen molar-refractivity contribution in [1.29, 1.82) is 0 Å². The predicted molar refractivity (Wildman–Crippen MR) is 70.4 cm³/mol. The molecule has 0 aliphatic rings. The molecule has 0 fully saturated rings. The summed E-state index contributed by atoms with van der Waals surface area (Å²) in [6, 6.07) is 10.1. The van der Waals surface area contributed by atoms with Crippen LogP contribution >= 0.6 is 12.4 Å². The quantitative estimate of drug-likeness (QED) is 0.847. The van der Waals surface area contributed by atoms with Crippen LogP contribution < -0.4 is 5.43 Å². The van der Waals surface area contributed by atoms with Crippen molar-refractivity contribution >= 4 is 12.4 Å². The predicted octanol–water partition coefficient (Wildman–Crippen LogP) is 2.58. The molecule has 2 aromatic rings. The monoisotopic (exact) mass is 251 g/mol. The van der Waals surface area contributed by atoms with E-state index in [2.05, 4.69) is 0 Å². The van der Waals surface area contributed by atoms with E-state index >= 15 is 0 Å². The molecule has 1 N–H and O–H groups in total. The molecule has 1 heterocycles. The first-order valence-electron chi connectivity index (χ1n) is 5.07. The standard InChI is InChI=1S/C13H13NO2.ClH/c1-9-7-13(16)8-10(2)14(9)11-3-5-12(15)6-4-11;/h3-8,15H,1-2H3;1H. The normalized spacial score (nSPS) is 9.76. The van der Waals surface area contributed by atoms with Crippen molar-refractivity contribution in [2.24, 2.45) is 0 Å². The van der Waals surface area contributed by atoms with Crippen LogP contribution in [-0.2, 0) is 0 Å². The van der Waals surface area contributed by atoms with Crippen molar-refractivity contribution < 1.29 is 5.11 Å². The van der Waals surface area contributed by atoms with Crippen LogP contribution in [0.4, 0.5) is 0 Å². The number of hydrogen-bond donors (Lipinski definition) is 1. The summed E-state index contributed by atoms with van der Waals surface area (Å²) in [5, 5.41) is 9.23. The van der Waals surface area contributed by atoms with Crippen molar-refractivity contribution in [2.45, 2.75) is 13.8 Å². The second kappa shape index (κ2) is 5.06. The molecule has 1 aromatic carbocycles. The molecular weight excluding hydrogens is 238 g/mol. The van der Waals surface area contributed by atoms with E-state index in [-0.39, 0.29) is 23.6 Å². The number of aromatic nitrogens is 1. The molecule has 0 radical (unpaired) electrons. The molecule has 0 atom stereocenters.